The van der Waals surface area contributed by atoms with Crippen LogP contribution in [0.4, 0.5) is 0 Å². The van der Waals surface area contributed by atoms with Gasteiger partial charge in [0.15, 0.2) is 0 Å². The number of hydrogen-bond donors (Lipinski definition) is 0. The molecule has 24 heavy (non-hydrogen) atoms. The second-order valence-corrected chi connectivity index (χ2v) is 6.05. The first-order valence-corrected chi connectivity index (χ1v) is 8.03. The van der Waals surface area contributed by atoms with E-state index in [1.165, 1.54) is 27.2 Å². The number of hydrogen-bond acceptors (Lipinski definition) is 2. The molecule has 0 aliphatic rings. The van der Waals surface area contributed by atoms with Gasteiger partial charge in [0.05, 0.1) is 11.2 Å². The number of para-hydroxylation sites is 1. The molecule has 0 amide bonds. The van der Waals surface area contributed by atoms with Crippen molar-refractivity contribution in [2.24, 2.45) is 0 Å². The molecule has 114 valence electrons. The summed E-state index contributed by atoms with van der Waals surface area (Å²) in [5.74, 6) is 0. The number of aryl methyl sites for hydroxylation is 1. The number of nitrogens with zero attached hydrogens (tertiary/aromatic N) is 3. The topological polar surface area (TPSA) is 30.2 Å². The van der Waals surface area contributed by atoms with Gasteiger partial charge in [-0.15, -0.1) is 0 Å². The van der Waals surface area contributed by atoms with Gasteiger partial charge in [0.25, 0.3) is 0 Å². The molecule has 3 nitrogen and oxygen atoms in total. The number of benzene rings is 2. The Labute approximate surface area is 139 Å². The van der Waals surface area contributed by atoms with Crippen molar-refractivity contribution >= 4 is 27.3 Å². The normalized spacial score (nSPS) is 11.5. The van der Waals surface area contributed by atoms with Crippen molar-refractivity contribution in [1.29, 1.82) is 0 Å². The maximum Gasteiger partial charge on any atom is 0.146 e. The van der Waals surface area contributed by atoms with E-state index < -0.39 is 0 Å². The fourth-order valence-corrected chi connectivity index (χ4v) is 3.48. The lowest BCUT2D eigenvalue weighted by molar-refractivity contribution is 1.27. The summed E-state index contributed by atoms with van der Waals surface area (Å²) in [6.07, 6.45) is 3.90. The smallest absolute Gasteiger partial charge is 0.146 e. The predicted octanol–water partition coefficient (Wildman–Crippen LogP) is 5.01. The summed E-state index contributed by atoms with van der Waals surface area (Å²) in [5, 5.41) is 3.70. The molecule has 0 radical (unpaired) electrons. The number of aromatic nitrogens is 3. The van der Waals surface area contributed by atoms with Crippen LogP contribution < -0.4 is 0 Å². The van der Waals surface area contributed by atoms with Gasteiger partial charge in [0.1, 0.15) is 11.3 Å². The van der Waals surface area contributed by atoms with E-state index >= 15 is 0 Å². The highest BCUT2D eigenvalue weighted by atomic mass is 15.0. The number of rotatable bonds is 1. The molecule has 0 aliphatic carbocycles. The van der Waals surface area contributed by atoms with Crippen LogP contribution in [0.15, 0.2) is 73.1 Å². The van der Waals surface area contributed by atoms with Crippen LogP contribution in [0.25, 0.3) is 38.7 Å². The van der Waals surface area contributed by atoms with Crippen molar-refractivity contribution in [3.8, 4) is 11.4 Å². The predicted molar refractivity (Wildman–Crippen MR) is 98.2 cm³/mol. The first-order valence-electron chi connectivity index (χ1n) is 8.03. The van der Waals surface area contributed by atoms with E-state index in [1.807, 2.05) is 18.2 Å². The Morgan fingerprint density at radius 1 is 0.792 bits per heavy atom. The molecule has 0 aliphatic heterocycles. The van der Waals surface area contributed by atoms with Crippen LogP contribution in [0.1, 0.15) is 5.56 Å². The van der Waals surface area contributed by atoms with Gasteiger partial charge in [-0.25, -0.2) is 4.98 Å². The highest BCUT2D eigenvalue weighted by molar-refractivity contribution is 6.13. The molecule has 3 heteroatoms. The van der Waals surface area contributed by atoms with Gasteiger partial charge in [-0.3, -0.25) is 9.38 Å². The average Bonchev–Trinajstić information content (AvgIpc) is 3.08. The Bertz CT molecular complexity index is 1200. The molecule has 5 rings (SSSR count). The summed E-state index contributed by atoms with van der Waals surface area (Å²) < 4.78 is 2.19. The summed E-state index contributed by atoms with van der Waals surface area (Å²) in [6, 6.07) is 20.8. The molecule has 3 aromatic heterocycles. The third-order valence-electron chi connectivity index (χ3n) is 4.58. The van der Waals surface area contributed by atoms with Crippen LogP contribution in [-0.4, -0.2) is 14.4 Å². The minimum atomic E-state index is 0.895. The Kier molecular flexibility index (Phi) is 2.71. The summed E-state index contributed by atoms with van der Waals surface area (Å²) in [4.78, 5) is 9.37. The third-order valence-corrected chi connectivity index (χ3v) is 4.58. The van der Waals surface area contributed by atoms with Gasteiger partial charge in [-0.1, -0.05) is 42.5 Å². The monoisotopic (exact) mass is 309 g/mol. The molecule has 0 spiro atoms. The summed E-state index contributed by atoms with van der Waals surface area (Å²) in [5.41, 5.74) is 5.19. The lowest BCUT2D eigenvalue weighted by atomic mass is 10.0. The zero-order chi connectivity index (χ0) is 16.1. The molecule has 0 fully saturated rings. The summed E-state index contributed by atoms with van der Waals surface area (Å²) >= 11 is 0. The second kappa shape index (κ2) is 4.90. The van der Waals surface area contributed by atoms with E-state index in [0.717, 1.165) is 17.0 Å². The minimum absolute atomic E-state index is 0.895. The highest BCUT2D eigenvalue weighted by Crippen LogP contribution is 2.32. The van der Waals surface area contributed by atoms with E-state index in [9.17, 15) is 0 Å². The molecule has 0 unspecified atom stereocenters. The molecule has 0 atom stereocenters. The molecule has 3 heterocycles. The largest absolute Gasteiger partial charge is 0.298 e. The van der Waals surface area contributed by atoms with Crippen molar-refractivity contribution in [2.75, 3.05) is 0 Å². The molecule has 0 N–H and O–H groups in total. The van der Waals surface area contributed by atoms with E-state index in [1.54, 1.807) is 6.20 Å². The molecule has 0 saturated carbocycles. The third kappa shape index (κ3) is 1.78. The fraction of sp³-hybridized carbons (Fsp3) is 0.0476. The molecule has 0 saturated heterocycles. The average molecular weight is 309 g/mol. The lowest BCUT2D eigenvalue weighted by Crippen LogP contribution is -1.91. The molecule has 5 aromatic rings. The van der Waals surface area contributed by atoms with E-state index in [-0.39, 0.29) is 0 Å². The zero-order valence-corrected chi connectivity index (χ0v) is 13.3. The SMILES string of the molecule is Cc1cccc2c3ccccc3n3cc(-c4ccccn4)nc3c12. The maximum absolute atomic E-state index is 4.92. The van der Waals surface area contributed by atoms with Crippen molar-refractivity contribution in [3.05, 3.63) is 78.6 Å². The van der Waals surface area contributed by atoms with Crippen LogP contribution in [0.3, 0.4) is 0 Å². The van der Waals surface area contributed by atoms with Gasteiger partial charge in [0, 0.05) is 23.2 Å². The summed E-state index contributed by atoms with van der Waals surface area (Å²) in [7, 11) is 0. The Morgan fingerprint density at radius 2 is 1.62 bits per heavy atom. The van der Waals surface area contributed by atoms with Crippen LogP contribution in [0, 0.1) is 6.92 Å². The van der Waals surface area contributed by atoms with Crippen LogP contribution in [-0.2, 0) is 0 Å². The molecule has 0 bridgehead atoms. The number of imidazole rings is 1. The number of pyridine rings is 2. The van der Waals surface area contributed by atoms with Gasteiger partial charge in [0.2, 0.25) is 0 Å². The molecule has 2 aromatic carbocycles. The molecular formula is C21H15N3. The van der Waals surface area contributed by atoms with Crippen molar-refractivity contribution < 1.29 is 0 Å². The van der Waals surface area contributed by atoms with Crippen molar-refractivity contribution in [3.63, 3.8) is 0 Å². The minimum Gasteiger partial charge on any atom is -0.298 e. The zero-order valence-electron chi connectivity index (χ0n) is 13.3. The van der Waals surface area contributed by atoms with Gasteiger partial charge < -0.3 is 0 Å². The fourth-order valence-electron chi connectivity index (χ4n) is 3.48. The lowest BCUT2D eigenvalue weighted by Gasteiger charge is -2.09. The van der Waals surface area contributed by atoms with E-state index in [4.69, 9.17) is 4.98 Å². The van der Waals surface area contributed by atoms with Crippen molar-refractivity contribution in [1.82, 2.24) is 14.4 Å². The van der Waals surface area contributed by atoms with Crippen LogP contribution in [0.5, 0.6) is 0 Å². The first-order chi connectivity index (χ1) is 11.8. The Balaban J connectivity index is 2.02. The first kappa shape index (κ1) is 13.3. The molecular weight excluding hydrogens is 294 g/mol. The highest BCUT2D eigenvalue weighted by Gasteiger charge is 2.13. The van der Waals surface area contributed by atoms with Gasteiger partial charge >= 0.3 is 0 Å². The van der Waals surface area contributed by atoms with Crippen molar-refractivity contribution in [2.45, 2.75) is 6.92 Å². The van der Waals surface area contributed by atoms with E-state index in [0.29, 0.717) is 0 Å². The number of fused-ring (bicyclic) bond motifs is 6. The quantitative estimate of drug-likeness (QED) is 0.407. The van der Waals surface area contributed by atoms with Crippen LogP contribution in [0.2, 0.25) is 0 Å². The van der Waals surface area contributed by atoms with Gasteiger partial charge in [-0.05, 0) is 36.1 Å². The van der Waals surface area contributed by atoms with Gasteiger partial charge in [-0.2, -0.15) is 0 Å². The van der Waals surface area contributed by atoms with Crippen LogP contribution >= 0.6 is 0 Å². The van der Waals surface area contributed by atoms with E-state index in [2.05, 4.69) is 65.0 Å². The second-order valence-electron chi connectivity index (χ2n) is 6.05. The standard InChI is InChI=1S/C21H15N3/c1-14-7-6-9-16-15-8-2-3-11-19(15)24-13-18(23-21(24)20(14)16)17-10-4-5-12-22-17/h2-13H,1H3. The Hall–Kier alpha value is -3.20. The summed E-state index contributed by atoms with van der Waals surface area (Å²) in [6.45, 7) is 2.15. The maximum atomic E-state index is 4.92. The Morgan fingerprint density at radius 3 is 2.50 bits per heavy atom.